The first-order valence-electron chi connectivity index (χ1n) is 5.52. The molecule has 0 aromatic heterocycles. The quantitative estimate of drug-likeness (QED) is 0.486. The normalized spacial score (nSPS) is 6.90. The van der Waals surface area contributed by atoms with E-state index >= 15 is 0 Å². The van der Waals surface area contributed by atoms with Gasteiger partial charge < -0.3 is 14.6 Å². The molecule has 0 aliphatic carbocycles. The molecule has 0 radical (unpaired) electrons. The van der Waals surface area contributed by atoms with Crippen molar-refractivity contribution in [2.45, 2.75) is 13.8 Å². The summed E-state index contributed by atoms with van der Waals surface area (Å²) in [6.07, 6.45) is 3.45. The van der Waals surface area contributed by atoms with Crippen molar-refractivity contribution in [3.63, 3.8) is 0 Å². The van der Waals surface area contributed by atoms with Crippen molar-refractivity contribution in [1.82, 2.24) is 0 Å². The van der Waals surface area contributed by atoms with Crippen LogP contribution >= 0.6 is 11.6 Å². The van der Waals surface area contributed by atoms with Gasteiger partial charge in [-0.05, 0) is 13.8 Å². The van der Waals surface area contributed by atoms with Gasteiger partial charge in [0.1, 0.15) is 0 Å². The number of hydrogen-bond acceptors (Lipinski definition) is 5. The Balaban J connectivity index is -0.0000000986. The van der Waals surface area contributed by atoms with Crippen LogP contribution in [0.2, 0.25) is 0 Å². The number of esters is 2. The fourth-order valence-electron chi connectivity index (χ4n) is 0.375. The minimum Gasteiger partial charge on any atom is -0.478 e. The minimum atomic E-state index is -0.981. The first-order valence-corrected chi connectivity index (χ1v) is 6.28. The Kier molecular flexibility index (Phi) is 30.0. The molecule has 21 heavy (non-hydrogen) atoms. The van der Waals surface area contributed by atoms with Crippen LogP contribution in [0.4, 0.5) is 0 Å². The van der Waals surface area contributed by atoms with Gasteiger partial charge in [-0.15, -0.1) is 11.6 Å². The van der Waals surface area contributed by atoms with Crippen molar-refractivity contribution >= 4 is 29.5 Å². The van der Waals surface area contributed by atoms with Crippen LogP contribution in [-0.4, -0.2) is 43.1 Å². The zero-order valence-electron chi connectivity index (χ0n) is 12.8. The number of aliphatic carboxylic acids is 1. The Labute approximate surface area is 130 Å². The highest BCUT2D eigenvalue weighted by molar-refractivity contribution is 6.15. The molecule has 0 bridgehead atoms. The zero-order valence-corrected chi connectivity index (χ0v) is 13.6. The van der Waals surface area contributed by atoms with Crippen LogP contribution in [0.3, 0.4) is 0 Å². The average Bonchev–Trinajstić information content (AvgIpc) is 2.49. The molecule has 0 unspecified atom stereocenters. The third-order valence-electron chi connectivity index (χ3n) is 1.16. The summed E-state index contributed by atoms with van der Waals surface area (Å²) < 4.78 is 8.71. The molecule has 0 saturated carbocycles. The molecule has 0 heterocycles. The molecule has 0 rings (SSSR count). The molecule has 0 amide bonds. The summed E-state index contributed by atoms with van der Waals surface area (Å²) in [6, 6.07) is 0. The fourth-order valence-corrected chi connectivity index (χ4v) is 0.375. The van der Waals surface area contributed by atoms with Crippen molar-refractivity contribution in [2.24, 2.45) is 0 Å². The Morgan fingerprint density at radius 3 is 1.62 bits per heavy atom. The van der Waals surface area contributed by atoms with Crippen LogP contribution in [0, 0.1) is 0 Å². The van der Waals surface area contributed by atoms with Crippen LogP contribution in [0.25, 0.3) is 0 Å². The number of hydrogen-bond donors (Lipinski definition) is 1. The molecule has 0 spiro atoms. The highest BCUT2D eigenvalue weighted by Gasteiger charge is 1.95. The molecular formula is C14H23ClO6. The maximum atomic E-state index is 10.2. The average molecular weight is 323 g/mol. The predicted molar refractivity (Wildman–Crippen MR) is 83.3 cm³/mol. The van der Waals surface area contributed by atoms with Crippen LogP contribution in [0.1, 0.15) is 13.8 Å². The Morgan fingerprint density at radius 2 is 1.57 bits per heavy atom. The van der Waals surface area contributed by atoms with Gasteiger partial charge in [-0.3, -0.25) is 0 Å². The topological polar surface area (TPSA) is 89.9 Å². The number of carboxylic acids is 1. The molecule has 0 atom stereocenters. The number of ether oxygens (including phenoxy) is 2. The number of halogens is 1. The molecule has 122 valence electrons. The van der Waals surface area contributed by atoms with E-state index in [2.05, 4.69) is 40.8 Å². The van der Waals surface area contributed by atoms with E-state index < -0.39 is 5.97 Å². The lowest BCUT2D eigenvalue weighted by atomic mass is 10.4. The maximum absolute atomic E-state index is 10.2. The number of alkyl halides is 1. The number of carbonyl (C=O) groups is 3. The standard InChI is InChI=1S/2C5H8O2.C3H4O2.CH3Cl/c1-4(2)5(6)7-3;1-3-5(6)7-4-2;1-2-3(4)5;1-2/h1H2,2-3H3;3H,1,4H2,2H3;2H,1H2,(H,4,5);1H3. The second kappa shape index (κ2) is 23.0. The highest BCUT2D eigenvalue weighted by atomic mass is 35.5. The first kappa shape index (κ1) is 27.3. The molecule has 1 N–H and O–H groups in total. The molecule has 0 aromatic carbocycles. The number of carboxylic acid groups (broad SMARTS) is 1. The minimum absolute atomic E-state index is 0.347. The van der Waals surface area contributed by atoms with Gasteiger partial charge in [0.25, 0.3) is 0 Å². The third kappa shape index (κ3) is 38.1. The first-order chi connectivity index (χ1) is 9.76. The number of carbonyl (C=O) groups excluding carboxylic acids is 2. The van der Waals surface area contributed by atoms with Crippen LogP contribution in [-0.2, 0) is 23.9 Å². The van der Waals surface area contributed by atoms with Gasteiger partial charge in [0.05, 0.1) is 13.7 Å². The lowest BCUT2D eigenvalue weighted by Gasteiger charge is -1.91. The third-order valence-corrected chi connectivity index (χ3v) is 1.16. The van der Waals surface area contributed by atoms with Gasteiger partial charge in [-0.25, -0.2) is 14.4 Å². The number of methoxy groups -OCH3 is 1. The summed E-state index contributed by atoms with van der Waals surface area (Å²) in [5.41, 5.74) is 0.433. The van der Waals surface area contributed by atoms with E-state index in [0.717, 1.165) is 12.2 Å². The van der Waals surface area contributed by atoms with E-state index in [1.807, 2.05) is 0 Å². The van der Waals surface area contributed by atoms with Crippen molar-refractivity contribution in [2.75, 3.05) is 20.1 Å². The van der Waals surface area contributed by atoms with Gasteiger partial charge >= 0.3 is 17.9 Å². The van der Waals surface area contributed by atoms with Gasteiger partial charge in [-0.1, -0.05) is 19.7 Å². The molecule has 0 fully saturated rings. The molecule has 0 aliphatic rings. The summed E-state index contributed by atoms with van der Waals surface area (Å²) in [7, 11) is 1.33. The predicted octanol–water partition coefficient (Wildman–Crippen LogP) is 2.58. The van der Waals surface area contributed by atoms with Gasteiger partial charge in [0.2, 0.25) is 0 Å². The Hall–Kier alpha value is -2.08. The summed E-state index contributed by atoms with van der Waals surface area (Å²) in [6.45, 7) is 13.3. The van der Waals surface area contributed by atoms with E-state index in [1.54, 1.807) is 13.8 Å². The van der Waals surface area contributed by atoms with Crippen molar-refractivity contribution in [1.29, 1.82) is 0 Å². The largest absolute Gasteiger partial charge is 0.478 e. The van der Waals surface area contributed by atoms with Gasteiger partial charge in [0.15, 0.2) is 0 Å². The van der Waals surface area contributed by atoms with Gasteiger partial charge in [0, 0.05) is 24.1 Å². The molecule has 7 heteroatoms. The van der Waals surface area contributed by atoms with Crippen molar-refractivity contribution in [3.05, 3.63) is 37.5 Å². The lowest BCUT2D eigenvalue weighted by molar-refractivity contribution is -0.137. The van der Waals surface area contributed by atoms with E-state index in [-0.39, 0.29) is 11.9 Å². The summed E-state index contributed by atoms with van der Waals surface area (Å²) in [4.78, 5) is 29.5. The van der Waals surface area contributed by atoms with Crippen LogP contribution in [0.5, 0.6) is 0 Å². The monoisotopic (exact) mass is 322 g/mol. The molecule has 0 saturated heterocycles. The SMILES string of the molecule is C=C(C)C(=O)OC.C=CC(=O)O.C=CC(=O)OCC.CCl. The van der Waals surface area contributed by atoms with Crippen LogP contribution in [0.15, 0.2) is 37.5 Å². The number of rotatable bonds is 4. The fraction of sp³-hybridized carbons (Fsp3) is 0.357. The van der Waals surface area contributed by atoms with Crippen molar-refractivity contribution < 1.29 is 29.0 Å². The molecule has 6 nitrogen and oxygen atoms in total. The summed E-state index contributed by atoms with van der Waals surface area (Å²) >= 11 is 4.64. The zero-order chi connectivity index (χ0) is 17.8. The van der Waals surface area contributed by atoms with E-state index in [1.165, 1.54) is 13.5 Å². The van der Waals surface area contributed by atoms with Gasteiger partial charge in [-0.2, -0.15) is 0 Å². The molecule has 0 aromatic rings. The summed E-state index contributed by atoms with van der Waals surface area (Å²) in [5.74, 6) is -1.69. The maximum Gasteiger partial charge on any atom is 0.332 e. The Bertz CT molecular complexity index is 334. The van der Waals surface area contributed by atoms with Crippen LogP contribution < -0.4 is 0 Å². The lowest BCUT2D eigenvalue weighted by Crippen LogP contribution is -1.98. The van der Waals surface area contributed by atoms with Crippen molar-refractivity contribution in [3.8, 4) is 0 Å². The van der Waals surface area contributed by atoms with E-state index in [0.29, 0.717) is 12.2 Å². The highest BCUT2D eigenvalue weighted by Crippen LogP contribution is 1.87. The molecule has 0 aliphatic heterocycles. The van der Waals surface area contributed by atoms with E-state index in [9.17, 15) is 14.4 Å². The molecular weight excluding hydrogens is 300 g/mol. The second-order valence-electron chi connectivity index (χ2n) is 2.77. The second-order valence-corrected chi connectivity index (χ2v) is 2.77. The Morgan fingerprint density at radius 1 is 1.19 bits per heavy atom. The summed E-state index contributed by atoms with van der Waals surface area (Å²) in [5, 5.41) is 7.60. The smallest absolute Gasteiger partial charge is 0.332 e. The van der Waals surface area contributed by atoms with E-state index in [4.69, 9.17) is 5.11 Å².